The lowest BCUT2D eigenvalue weighted by Crippen LogP contribution is -1.98. The van der Waals surface area contributed by atoms with Gasteiger partial charge in [0.15, 0.2) is 17.1 Å². The Labute approximate surface area is 165 Å². The summed E-state index contributed by atoms with van der Waals surface area (Å²) in [6, 6.07) is 15.3. The summed E-state index contributed by atoms with van der Waals surface area (Å²) in [6.07, 6.45) is 4.05. The van der Waals surface area contributed by atoms with Crippen molar-refractivity contribution >= 4 is 28.3 Å². The van der Waals surface area contributed by atoms with Crippen LogP contribution in [0.15, 0.2) is 61.1 Å². The minimum absolute atomic E-state index is 0.624. The van der Waals surface area contributed by atoms with E-state index in [0.717, 1.165) is 39.5 Å². The maximum atomic E-state index is 5.98. The molecule has 0 radical (unpaired) electrons. The monoisotopic (exact) mass is 390 g/mol. The van der Waals surface area contributed by atoms with E-state index in [2.05, 4.69) is 15.2 Å². The van der Waals surface area contributed by atoms with Crippen LogP contribution in [-0.4, -0.2) is 36.5 Å². The van der Waals surface area contributed by atoms with Crippen LogP contribution in [0.2, 0.25) is 5.02 Å². The summed E-state index contributed by atoms with van der Waals surface area (Å²) in [5.74, 6) is 1.55. The average Bonchev–Trinajstić information content (AvgIpc) is 3.32. The van der Waals surface area contributed by atoms with Crippen LogP contribution < -0.4 is 4.74 Å². The molecule has 0 amide bonds. The molecule has 0 N–H and O–H groups in total. The predicted octanol–water partition coefficient (Wildman–Crippen LogP) is 3.72. The van der Waals surface area contributed by atoms with Crippen molar-refractivity contribution in [3.8, 4) is 11.4 Å². The third kappa shape index (κ3) is 2.86. The highest BCUT2D eigenvalue weighted by Gasteiger charge is 2.14. The first-order valence-electron chi connectivity index (χ1n) is 8.68. The smallest absolute Gasteiger partial charge is 0.170 e. The Morgan fingerprint density at radius 1 is 1.00 bits per heavy atom. The molecule has 0 bridgehead atoms. The highest BCUT2D eigenvalue weighted by molar-refractivity contribution is 6.30. The molecule has 3 aromatic heterocycles. The Morgan fingerprint density at radius 3 is 2.54 bits per heavy atom. The van der Waals surface area contributed by atoms with Gasteiger partial charge in [-0.05, 0) is 42.0 Å². The zero-order chi connectivity index (χ0) is 19.1. The Balaban J connectivity index is 1.54. The van der Waals surface area contributed by atoms with E-state index < -0.39 is 0 Å². The second-order valence-electron chi connectivity index (χ2n) is 6.34. The Kier molecular flexibility index (Phi) is 3.95. The van der Waals surface area contributed by atoms with Gasteiger partial charge in [0.2, 0.25) is 0 Å². The lowest BCUT2D eigenvalue weighted by Gasteiger charge is -2.02. The zero-order valence-corrected chi connectivity index (χ0v) is 15.7. The van der Waals surface area contributed by atoms with Gasteiger partial charge >= 0.3 is 0 Å². The Bertz CT molecular complexity index is 1270. The standard InChI is InChI=1S/C20H15ClN6O/c1-28-16-8-2-13(3-9-16)10-18-24-20-17-11-23-27(15-6-4-14(21)5-7-15)19(17)22-12-26(20)25-18/h2-9,11-12H,10H2,1H3. The molecule has 138 valence electrons. The van der Waals surface area contributed by atoms with E-state index in [0.29, 0.717) is 11.4 Å². The molecule has 0 aliphatic carbocycles. The normalized spacial score (nSPS) is 11.4. The second kappa shape index (κ2) is 6.61. The van der Waals surface area contributed by atoms with E-state index in [-0.39, 0.29) is 0 Å². The summed E-state index contributed by atoms with van der Waals surface area (Å²) < 4.78 is 8.66. The Hall–Kier alpha value is -3.45. The van der Waals surface area contributed by atoms with Crippen LogP contribution in [0.25, 0.3) is 22.4 Å². The van der Waals surface area contributed by atoms with E-state index in [1.165, 1.54) is 0 Å². The molecule has 7 nitrogen and oxygen atoms in total. The van der Waals surface area contributed by atoms with Crippen LogP contribution in [0, 0.1) is 0 Å². The topological polar surface area (TPSA) is 70.1 Å². The zero-order valence-electron chi connectivity index (χ0n) is 15.0. The maximum Gasteiger partial charge on any atom is 0.170 e. The maximum absolute atomic E-state index is 5.98. The third-order valence-electron chi connectivity index (χ3n) is 4.54. The number of benzene rings is 2. The molecule has 28 heavy (non-hydrogen) atoms. The van der Waals surface area contributed by atoms with E-state index in [9.17, 15) is 0 Å². The number of hydrogen-bond donors (Lipinski definition) is 0. The summed E-state index contributed by atoms with van der Waals surface area (Å²) in [5, 5.41) is 10.5. The molecule has 0 fully saturated rings. The first-order chi connectivity index (χ1) is 13.7. The number of ether oxygens (including phenoxy) is 1. The molecular formula is C20H15ClN6O. The summed E-state index contributed by atoms with van der Waals surface area (Å²) in [5.41, 5.74) is 3.44. The number of methoxy groups -OCH3 is 1. The number of nitrogens with zero attached hydrogens (tertiary/aromatic N) is 6. The van der Waals surface area contributed by atoms with Crippen LogP contribution in [-0.2, 0) is 6.42 Å². The average molecular weight is 391 g/mol. The molecule has 0 saturated heterocycles. The summed E-state index contributed by atoms with van der Waals surface area (Å²) in [6.45, 7) is 0. The minimum atomic E-state index is 0.624. The van der Waals surface area contributed by atoms with Crippen molar-refractivity contribution in [3.05, 3.63) is 77.5 Å². The summed E-state index contributed by atoms with van der Waals surface area (Å²) in [7, 11) is 1.65. The van der Waals surface area contributed by atoms with Crippen molar-refractivity contribution in [2.45, 2.75) is 6.42 Å². The van der Waals surface area contributed by atoms with Crippen molar-refractivity contribution in [2.24, 2.45) is 0 Å². The lowest BCUT2D eigenvalue weighted by atomic mass is 10.1. The van der Waals surface area contributed by atoms with Crippen molar-refractivity contribution in [1.29, 1.82) is 0 Å². The van der Waals surface area contributed by atoms with Gasteiger partial charge in [-0.1, -0.05) is 23.7 Å². The number of fused-ring (bicyclic) bond motifs is 3. The van der Waals surface area contributed by atoms with E-state index >= 15 is 0 Å². The van der Waals surface area contributed by atoms with Crippen LogP contribution >= 0.6 is 11.6 Å². The van der Waals surface area contributed by atoms with E-state index in [4.69, 9.17) is 21.3 Å². The van der Waals surface area contributed by atoms with Crippen LogP contribution in [0.4, 0.5) is 0 Å². The van der Waals surface area contributed by atoms with Crippen molar-refractivity contribution in [1.82, 2.24) is 29.4 Å². The van der Waals surface area contributed by atoms with E-state index in [1.54, 1.807) is 28.8 Å². The van der Waals surface area contributed by atoms with Crippen LogP contribution in [0.5, 0.6) is 5.75 Å². The summed E-state index contributed by atoms with van der Waals surface area (Å²) in [4.78, 5) is 9.23. The van der Waals surface area contributed by atoms with Gasteiger partial charge in [-0.15, -0.1) is 5.10 Å². The van der Waals surface area contributed by atoms with Gasteiger partial charge in [-0.2, -0.15) is 5.10 Å². The molecule has 2 aromatic carbocycles. The minimum Gasteiger partial charge on any atom is -0.497 e. The number of aromatic nitrogens is 6. The van der Waals surface area contributed by atoms with Gasteiger partial charge in [-0.3, -0.25) is 0 Å². The predicted molar refractivity (Wildman–Crippen MR) is 106 cm³/mol. The van der Waals surface area contributed by atoms with Crippen LogP contribution in [0.3, 0.4) is 0 Å². The highest BCUT2D eigenvalue weighted by atomic mass is 35.5. The van der Waals surface area contributed by atoms with Crippen LogP contribution in [0.1, 0.15) is 11.4 Å². The number of halogens is 1. The fraction of sp³-hybridized carbons (Fsp3) is 0.100. The first kappa shape index (κ1) is 16.7. The fourth-order valence-electron chi connectivity index (χ4n) is 3.14. The van der Waals surface area contributed by atoms with Gasteiger partial charge < -0.3 is 4.74 Å². The molecule has 0 unspecified atom stereocenters. The van der Waals surface area contributed by atoms with Gasteiger partial charge in [-0.25, -0.2) is 19.2 Å². The molecule has 0 atom stereocenters. The molecule has 0 saturated carbocycles. The Morgan fingerprint density at radius 2 is 1.79 bits per heavy atom. The fourth-order valence-corrected chi connectivity index (χ4v) is 3.26. The van der Waals surface area contributed by atoms with Crippen molar-refractivity contribution in [3.63, 3.8) is 0 Å². The molecule has 0 spiro atoms. The second-order valence-corrected chi connectivity index (χ2v) is 6.77. The molecule has 5 rings (SSSR count). The lowest BCUT2D eigenvalue weighted by molar-refractivity contribution is 0.414. The van der Waals surface area contributed by atoms with Gasteiger partial charge in [0, 0.05) is 11.4 Å². The SMILES string of the molecule is COc1ccc(Cc2nc3c4cnn(-c5ccc(Cl)cc5)c4ncn3n2)cc1. The van der Waals surface area contributed by atoms with Crippen molar-refractivity contribution < 1.29 is 4.74 Å². The molecule has 5 aromatic rings. The summed E-state index contributed by atoms with van der Waals surface area (Å²) >= 11 is 5.98. The van der Waals surface area contributed by atoms with E-state index in [1.807, 2.05) is 48.5 Å². The molecular weight excluding hydrogens is 376 g/mol. The van der Waals surface area contributed by atoms with Gasteiger partial charge in [0.05, 0.1) is 24.4 Å². The quantitative estimate of drug-likeness (QED) is 0.467. The molecule has 0 aliphatic rings. The highest BCUT2D eigenvalue weighted by Crippen LogP contribution is 2.21. The molecule has 0 aliphatic heterocycles. The van der Waals surface area contributed by atoms with Gasteiger partial charge in [0.1, 0.15) is 12.1 Å². The number of hydrogen-bond acceptors (Lipinski definition) is 5. The molecule has 8 heteroatoms. The van der Waals surface area contributed by atoms with Crippen molar-refractivity contribution in [2.75, 3.05) is 7.11 Å². The largest absolute Gasteiger partial charge is 0.497 e. The first-order valence-corrected chi connectivity index (χ1v) is 9.06. The molecule has 3 heterocycles. The number of rotatable bonds is 4. The van der Waals surface area contributed by atoms with Gasteiger partial charge in [0.25, 0.3) is 0 Å². The third-order valence-corrected chi connectivity index (χ3v) is 4.79.